The van der Waals surface area contributed by atoms with Crippen molar-refractivity contribution in [2.45, 2.75) is 6.18 Å². The zero-order chi connectivity index (χ0) is 13.9. The number of alkyl halides is 3. The highest BCUT2D eigenvalue weighted by Gasteiger charge is 2.32. The van der Waals surface area contributed by atoms with Crippen molar-refractivity contribution < 1.29 is 13.2 Å². The van der Waals surface area contributed by atoms with Crippen LogP contribution in [0, 0.1) is 0 Å². The monoisotopic (exact) mass is 263 g/mol. The molecule has 0 saturated carbocycles. The van der Waals surface area contributed by atoms with Gasteiger partial charge in [-0.05, 0) is 23.3 Å². The molecular formula is C15H12F3N. The molecule has 2 aromatic carbocycles. The maximum absolute atomic E-state index is 12.9. The summed E-state index contributed by atoms with van der Waals surface area (Å²) in [4.78, 5) is 0. The van der Waals surface area contributed by atoms with Crippen LogP contribution in [-0.4, -0.2) is 0 Å². The highest BCUT2D eigenvalue weighted by atomic mass is 19.4. The smallest absolute Gasteiger partial charge is 0.399 e. The van der Waals surface area contributed by atoms with E-state index in [2.05, 4.69) is 0 Å². The quantitative estimate of drug-likeness (QED) is 0.628. The van der Waals surface area contributed by atoms with Crippen molar-refractivity contribution in [3.63, 3.8) is 0 Å². The van der Waals surface area contributed by atoms with Gasteiger partial charge in [0, 0.05) is 5.69 Å². The van der Waals surface area contributed by atoms with E-state index >= 15 is 0 Å². The maximum atomic E-state index is 12.9. The van der Waals surface area contributed by atoms with Gasteiger partial charge in [0.25, 0.3) is 0 Å². The molecular weight excluding hydrogens is 251 g/mol. The number of anilines is 1. The van der Waals surface area contributed by atoms with E-state index in [1.807, 2.05) is 30.3 Å². The Balaban J connectivity index is 2.38. The molecule has 0 aromatic heterocycles. The molecule has 2 rings (SSSR count). The molecule has 0 radical (unpaired) electrons. The second-order valence-electron chi connectivity index (χ2n) is 4.09. The first kappa shape index (κ1) is 13.2. The van der Waals surface area contributed by atoms with Crippen LogP contribution in [0.5, 0.6) is 0 Å². The molecule has 2 N–H and O–H groups in total. The lowest BCUT2D eigenvalue weighted by Gasteiger charge is -2.11. The van der Waals surface area contributed by atoms with Crippen LogP contribution in [-0.2, 0) is 6.18 Å². The number of nitrogen functional groups attached to an aromatic ring is 1. The van der Waals surface area contributed by atoms with Gasteiger partial charge in [-0.1, -0.05) is 48.6 Å². The number of hydrogen-bond donors (Lipinski definition) is 1. The Hall–Kier alpha value is -2.23. The summed E-state index contributed by atoms with van der Waals surface area (Å²) in [6.07, 6.45) is -1.33. The minimum absolute atomic E-state index is 0.101. The molecule has 0 spiro atoms. The highest BCUT2D eigenvalue weighted by Crippen LogP contribution is 2.34. The first-order valence-electron chi connectivity index (χ1n) is 5.67. The molecule has 0 saturated heterocycles. The number of nitrogens with two attached hydrogens (primary N) is 1. The fourth-order valence-electron chi connectivity index (χ4n) is 1.71. The summed E-state index contributed by atoms with van der Waals surface area (Å²) in [6.45, 7) is 0. The Bertz CT molecular complexity index is 586. The molecule has 1 nitrogen and oxygen atoms in total. The van der Waals surface area contributed by atoms with Gasteiger partial charge in [-0.25, -0.2) is 0 Å². The fourth-order valence-corrected chi connectivity index (χ4v) is 1.71. The third-order valence-corrected chi connectivity index (χ3v) is 2.64. The summed E-state index contributed by atoms with van der Waals surface area (Å²) in [5.74, 6) is 0. The van der Waals surface area contributed by atoms with E-state index in [1.54, 1.807) is 6.08 Å². The van der Waals surface area contributed by atoms with Crippen molar-refractivity contribution in [2.24, 2.45) is 0 Å². The van der Waals surface area contributed by atoms with Gasteiger partial charge < -0.3 is 5.73 Å². The third-order valence-electron chi connectivity index (χ3n) is 2.64. The van der Waals surface area contributed by atoms with Crippen LogP contribution in [0.2, 0.25) is 0 Å². The van der Waals surface area contributed by atoms with Gasteiger partial charge in [0.1, 0.15) is 0 Å². The van der Waals surface area contributed by atoms with Crippen LogP contribution >= 0.6 is 0 Å². The molecule has 0 unspecified atom stereocenters. The zero-order valence-electron chi connectivity index (χ0n) is 9.98. The average molecular weight is 263 g/mol. The molecule has 0 aliphatic carbocycles. The van der Waals surface area contributed by atoms with Gasteiger partial charge in [-0.3, -0.25) is 0 Å². The lowest BCUT2D eigenvalue weighted by atomic mass is 10.0. The lowest BCUT2D eigenvalue weighted by molar-refractivity contribution is -0.137. The van der Waals surface area contributed by atoms with Crippen molar-refractivity contribution in [3.8, 4) is 0 Å². The van der Waals surface area contributed by atoms with E-state index in [4.69, 9.17) is 5.73 Å². The van der Waals surface area contributed by atoms with E-state index in [0.717, 1.165) is 11.6 Å². The number of hydrogen-bond acceptors (Lipinski definition) is 1. The van der Waals surface area contributed by atoms with Crippen LogP contribution in [0.15, 0.2) is 48.5 Å². The maximum Gasteiger partial charge on any atom is 0.417 e. The predicted molar refractivity (Wildman–Crippen MR) is 71.2 cm³/mol. The van der Waals surface area contributed by atoms with E-state index in [-0.39, 0.29) is 11.3 Å². The highest BCUT2D eigenvalue weighted by molar-refractivity contribution is 5.72. The van der Waals surface area contributed by atoms with Crippen molar-refractivity contribution in [3.05, 3.63) is 65.2 Å². The molecule has 0 heterocycles. The zero-order valence-corrected chi connectivity index (χ0v) is 9.98. The molecule has 4 heteroatoms. The molecule has 19 heavy (non-hydrogen) atoms. The van der Waals surface area contributed by atoms with Gasteiger partial charge in [0.05, 0.1) is 5.56 Å². The predicted octanol–water partition coefficient (Wildman–Crippen LogP) is 4.46. The second kappa shape index (κ2) is 5.18. The lowest BCUT2D eigenvalue weighted by Crippen LogP contribution is -2.08. The standard InChI is InChI=1S/C15H12F3N/c16-15(17,18)14-10-13(19)9-8-12(14)7-6-11-4-2-1-3-5-11/h1-10H,19H2. The van der Waals surface area contributed by atoms with Gasteiger partial charge in [0.2, 0.25) is 0 Å². The first-order chi connectivity index (χ1) is 8.97. The second-order valence-corrected chi connectivity index (χ2v) is 4.09. The van der Waals surface area contributed by atoms with Crippen molar-refractivity contribution in [1.82, 2.24) is 0 Å². The van der Waals surface area contributed by atoms with E-state index in [0.29, 0.717) is 0 Å². The molecule has 98 valence electrons. The minimum Gasteiger partial charge on any atom is -0.399 e. The van der Waals surface area contributed by atoms with Crippen LogP contribution < -0.4 is 5.73 Å². The molecule has 2 aromatic rings. The largest absolute Gasteiger partial charge is 0.417 e. The Morgan fingerprint density at radius 1 is 0.895 bits per heavy atom. The molecule has 0 fully saturated rings. The molecule has 0 aliphatic heterocycles. The van der Waals surface area contributed by atoms with Gasteiger partial charge in [-0.2, -0.15) is 13.2 Å². The van der Waals surface area contributed by atoms with E-state index < -0.39 is 11.7 Å². The normalized spacial score (nSPS) is 11.9. The van der Waals surface area contributed by atoms with Crippen LogP contribution in [0.3, 0.4) is 0 Å². The van der Waals surface area contributed by atoms with Gasteiger partial charge >= 0.3 is 6.18 Å². The third kappa shape index (κ3) is 3.37. The summed E-state index contributed by atoms with van der Waals surface area (Å²) in [6, 6.07) is 12.9. The molecule has 0 atom stereocenters. The Kier molecular flexibility index (Phi) is 3.60. The Morgan fingerprint density at radius 2 is 1.58 bits per heavy atom. The van der Waals surface area contributed by atoms with Crippen LogP contribution in [0.1, 0.15) is 16.7 Å². The van der Waals surface area contributed by atoms with Gasteiger partial charge in [0.15, 0.2) is 0 Å². The first-order valence-corrected chi connectivity index (χ1v) is 5.67. The van der Waals surface area contributed by atoms with Crippen molar-refractivity contribution >= 4 is 17.8 Å². The molecule has 0 amide bonds. The van der Waals surface area contributed by atoms with Crippen LogP contribution in [0.25, 0.3) is 12.2 Å². The summed E-state index contributed by atoms with van der Waals surface area (Å²) in [5.41, 5.74) is 5.73. The Morgan fingerprint density at radius 3 is 2.21 bits per heavy atom. The SMILES string of the molecule is Nc1ccc(C=Cc2ccccc2)c(C(F)(F)F)c1. The number of rotatable bonds is 2. The van der Waals surface area contributed by atoms with Crippen LogP contribution in [0.4, 0.5) is 18.9 Å². The summed E-state index contributed by atoms with van der Waals surface area (Å²) >= 11 is 0. The minimum atomic E-state index is -4.41. The summed E-state index contributed by atoms with van der Waals surface area (Å²) in [7, 11) is 0. The topological polar surface area (TPSA) is 26.0 Å². The van der Waals surface area contributed by atoms with Gasteiger partial charge in [-0.15, -0.1) is 0 Å². The number of benzene rings is 2. The van der Waals surface area contributed by atoms with E-state index in [9.17, 15) is 13.2 Å². The van der Waals surface area contributed by atoms with Crippen molar-refractivity contribution in [1.29, 1.82) is 0 Å². The summed E-state index contributed by atoms with van der Waals surface area (Å²) in [5, 5.41) is 0. The Labute approximate surface area is 109 Å². The van der Waals surface area contributed by atoms with Crippen molar-refractivity contribution in [2.75, 3.05) is 5.73 Å². The average Bonchev–Trinajstić information content (AvgIpc) is 2.37. The molecule has 0 aliphatic rings. The summed E-state index contributed by atoms with van der Waals surface area (Å²) < 4.78 is 38.6. The van der Waals surface area contributed by atoms with E-state index in [1.165, 1.54) is 18.2 Å². The molecule has 0 bridgehead atoms. The fraction of sp³-hybridized carbons (Fsp3) is 0.0667. The number of halogens is 3.